The highest BCUT2D eigenvalue weighted by molar-refractivity contribution is 6.22. The van der Waals surface area contributed by atoms with E-state index in [2.05, 4.69) is 5.32 Å². The second kappa shape index (κ2) is 6.33. The number of fused-ring (bicyclic) bond motifs is 1. The van der Waals surface area contributed by atoms with Gasteiger partial charge in [0, 0.05) is 23.8 Å². The number of aromatic nitrogens is 1. The fourth-order valence-electron chi connectivity index (χ4n) is 2.95. The fourth-order valence-corrected chi connectivity index (χ4v) is 2.95. The highest BCUT2D eigenvalue weighted by Crippen LogP contribution is 2.22. The van der Waals surface area contributed by atoms with Gasteiger partial charge < -0.3 is 9.88 Å². The van der Waals surface area contributed by atoms with Crippen LogP contribution in [0.4, 0.5) is 5.69 Å². The van der Waals surface area contributed by atoms with Crippen LogP contribution in [-0.2, 0) is 4.79 Å². The van der Waals surface area contributed by atoms with E-state index in [1.54, 1.807) is 36.4 Å². The van der Waals surface area contributed by atoms with Crippen molar-refractivity contribution in [2.75, 3.05) is 11.9 Å². The molecule has 2 heterocycles. The number of carbonyl (C=O) groups is 3. The van der Waals surface area contributed by atoms with E-state index in [-0.39, 0.29) is 6.54 Å². The van der Waals surface area contributed by atoms with E-state index in [0.717, 1.165) is 10.6 Å². The van der Waals surface area contributed by atoms with Crippen molar-refractivity contribution in [3.8, 4) is 5.69 Å². The zero-order valence-electron chi connectivity index (χ0n) is 13.8. The summed E-state index contributed by atoms with van der Waals surface area (Å²) in [6.07, 6.45) is 3.85. The first-order chi connectivity index (χ1) is 12.6. The van der Waals surface area contributed by atoms with Gasteiger partial charge in [-0.25, -0.2) is 0 Å². The highest BCUT2D eigenvalue weighted by Gasteiger charge is 2.36. The Morgan fingerprint density at radius 1 is 0.808 bits per heavy atom. The van der Waals surface area contributed by atoms with Crippen molar-refractivity contribution in [3.05, 3.63) is 84.2 Å². The van der Waals surface area contributed by atoms with Gasteiger partial charge >= 0.3 is 0 Å². The van der Waals surface area contributed by atoms with Gasteiger partial charge in [-0.15, -0.1) is 0 Å². The zero-order valence-corrected chi connectivity index (χ0v) is 13.8. The molecule has 3 aromatic rings. The van der Waals surface area contributed by atoms with Crippen molar-refractivity contribution in [3.63, 3.8) is 0 Å². The van der Waals surface area contributed by atoms with Crippen LogP contribution in [0.15, 0.2) is 73.1 Å². The fraction of sp³-hybridized carbons (Fsp3) is 0.0500. The number of nitrogens with zero attached hydrogens (tertiary/aromatic N) is 2. The second-order valence-electron chi connectivity index (χ2n) is 5.93. The molecule has 1 aliphatic heterocycles. The van der Waals surface area contributed by atoms with Crippen molar-refractivity contribution in [2.24, 2.45) is 0 Å². The van der Waals surface area contributed by atoms with E-state index in [4.69, 9.17) is 0 Å². The maximum atomic E-state index is 12.3. The summed E-state index contributed by atoms with van der Waals surface area (Å²) in [5, 5.41) is 2.71. The smallest absolute Gasteiger partial charge is 0.262 e. The minimum Gasteiger partial charge on any atom is -0.325 e. The molecule has 0 saturated heterocycles. The van der Waals surface area contributed by atoms with Crippen LogP contribution in [0.3, 0.4) is 0 Å². The van der Waals surface area contributed by atoms with E-state index >= 15 is 0 Å². The Morgan fingerprint density at radius 3 is 1.96 bits per heavy atom. The zero-order chi connectivity index (χ0) is 18.1. The van der Waals surface area contributed by atoms with Crippen LogP contribution < -0.4 is 5.32 Å². The van der Waals surface area contributed by atoms with Crippen LogP contribution in [0.2, 0.25) is 0 Å². The number of rotatable bonds is 4. The molecule has 3 amide bonds. The van der Waals surface area contributed by atoms with Gasteiger partial charge in [0.1, 0.15) is 6.54 Å². The van der Waals surface area contributed by atoms with Crippen LogP contribution >= 0.6 is 0 Å². The lowest BCUT2D eigenvalue weighted by Gasteiger charge is -2.14. The van der Waals surface area contributed by atoms with Gasteiger partial charge in [-0.05, 0) is 48.5 Å². The molecule has 128 valence electrons. The van der Waals surface area contributed by atoms with E-state index in [0.29, 0.717) is 16.8 Å². The molecular formula is C20H15N3O3. The van der Waals surface area contributed by atoms with Crippen molar-refractivity contribution >= 4 is 23.4 Å². The molecule has 0 bridgehead atoms. The topological polar surface area (TPSA) is 71.4 Å². The standard InChI is InChI=1S/C20H15N3O3/c24-18(13-23-19(25)16-5-1-2-6-17(16)20(23)26)21-14-7-9-15(10-8-14)22-11-3-4-12-22/h1-12H,13H2,(H,21,24). The summed E-state index contributed by atoms with van der Waals surface area (Å²) in [4.78, 5) is 37.8. The number of anilines is 1. The van der Waals surface area contributed by atoms with Crippen molar-refractivity contribution in [1.82, 2.24) is 9.47 Å². The van der Waals surface area contributed by atoms with Crippen LogP contribution in [0.1, 0.15) is 20.7 Å². The number of imide groups is 1. The van der Waals surface area contributed by atoms with Gasteiger partial charge in [0.15, 0.2) is 0 Å². The molecule has 1 aliphatic rings. The summed E-state index contributed by atoms with van der Waals surface area (Å²) < 4.78 is 1.95. The van der Waals surface area contributed by atoms with Crippen LogP contribution in [0, 0.1) is 0 Å². The summed E-state index contributed by atoms with van der Waals surface area (Å²) >= 11 is 0. The third-order valence-electron chi connectivity index (χ3n) is 4.23. The molecule has 0 unspecified atom stereocenters. The summed E-state index contributed by atoms with van der Waals surface area (Å²) in [7, 11) is 0. The van der Waals surface area contributed by atoms with E-state index in [1.807, 2.05) is 41.2 Å². The predicted octanol–water partition coefficient (Wildman–Crippen LogP) is 2.71. The summed E-state index contributed by atoms with van der Waals surface area (Å²) in [5.41, 5.74) is 2.23. The SMILES string of the molecule is O=C(CN1C(=O)c2ccccc2C1=O)Nc1ccc(-n2cccc2)cc1. The first-order valence-corrected chi connectivity index (χ1v) is 8.12. The maximum Gasteiger partial charge on any atom is 0.262 e. The molecule has 0 atom stereocenters. The minimum absolute atomic E-state index is 0.314. The Labute approximate surface area is 149 Å². The highest BCUT2D eigenvalue weighted by atomic mass is 16.2. The molecule has 0 spiro atoms. The molecular weight excluding hydrogens is 330 g/mol. The Bertz CT molecular complexity index is 956. The number of hydrogen-bond donors (Lipinski definition) is 1. The number of nitrogens with one attached hydrogen (secondary N) is 1. The van der Waals surface area contributed by atoms with Crippen LogP contribution in [0.25, 0.3) is 5.69 Å². The van der Waals surface area contributed by atoms with Gasteiger partial charge in [0.2, 0.25) is 5.91 Å². The molecule has 0 aliphatic carbocycles. The molecule has 26 heavy (non-hydrogen) atoms. The monoisotopic (exact) mass is 345 g/mol. The first kappa shape index (κ1) is 15.8. The first-order valence-electron chi connectivity index (χ1n) is 8.12. The van der Waals surface area contributed by atoms with Gasteiger partial charge in [-0.2, -0.15) is 0 Å². The van der Waals surface area contributed by atoms with Crippen molar-refractivity contribution in [2.45, 2.75) is 0 Å². The summed E-state index contributed by atoms with van der Waals surface area (Å²) in [5.74, 6) is -1.30. The number of amides is 3. The van der Waals surface area contributed by atoms with E-state index in [9.17, 15) is 14.4 Å². The van der Waals surface area contributed by atoms with Gasteiger partial charge in [-0.1, -0.05) is 12.1 Å². The average Bonchev–Trinajstić information content (AvgIpc) is 3.27. The molecule has 0 fully saturated rings. The van der Waals surface area contributed by atoms with Crippen LogP contribution in [0.5, 0.6) is 0 Å². The lowest BCUT2D eigenvalue weighted by atomic mass is 10.1. The number of benzene rings is 2. The Balaban J connectivity index is 1.43. The quantitative estimate of drug-likeness (QED) is 0.739. The Kier molecular flexibility index (Phi) is 3.85. The summed E-state index contributed by atoms with van der Waals surface area (Å²) in [6, 6.07) is 17.7. The Morgan fingerprint density at radius 2 is 1.38 bits per heavy atom. The molecule has 2 aromatic carbocycles. The lowest BCUT2D eigenvalue weighted by molar-refractivity contribution is -0.116. The van der Waals surface area contributed by atoms with Gasteiger partial charge in [-0.3, -0.25) is 19.3 Å². The van der Waals surface area contributed by atoms with Gasteiger partial charge in [0.25, 0.3) is 11.8 Å². The molecule has 0 radical (unpaired) electrons. The minimum atomic E-state index is -0.441. The van der Waals surface area contributed by atoms with Gasteiger partial charge in [0.05, 0.1) is 11.1 Å². The number of hydrogen-bond acceptors (Lipinski definition) is 3. The van der Waals surface area contributed by atoms with E-state index in [1.165, 1.54) is 0 Å². The number of carbonyl (C=O) groups excluding carboxylic acids is 3. The third-order valence-corrected chi connectivity index (χ3v) is 4.23. The lowest BCUT2D eigenvalue weighted by Crippen LogP contribution is -2.37. The Hall–Kier alpha value is -3.67. The molecule has 1 aromatic heterocycles. The molecule has 1 N–H and O–H groups in total. The predicted molar refractivity (Wildman–Crippen MR) is 96.2 cm³/mol. The molecule has 0 saturated carbocycles. The molecule has 6 nitrogen and oxygen atoms in total. The average molecular weight is 345 g/mol. The normalized spacial score (nSPS) is 13.0. The second-order valence-corrected chi connectivity index (χ2v) is 5.93. The van der Waals surface area contributed by atoms with E-state index < -0.39 is 17.7 Å². The maximum absolute atomic E-state index is 12.3. The van der Waals surface area contributed by atoms with Crippen LogP contribution in [-0.4, -0.2) is 33.7 Å². The van der Waals surface area contributed by atoms with Crippen molar-refractivity contribution in [1.29, 1.82) is 0 Å². The largest absolute Gasteiger partial charge is 0.325 e. The third kappa shape index (κ3) is 2.77. The molecule has 4 rings (SSSR count). The molecule has 6 heteroatoms. The van der Waals surface area contributed by atoms with Crippen molar-refractivity contribution < 1.29 is 14.4 Å². The summed E-state index contributed by atoms with van der Waals surface area (Å²) in [6.45, 7) is -0.314.